The molecular formula is C13H20N4O2. The summed E-state index contributed by atoms with van der Waals surface area (Å²) in [5.41, 5.74) is 0. The van der Waals surface area contributed by atoms with E-state index in [-0.39, 0.29) is 13.2 Å². The molecule has 1 aromatic heterocycles. The van der Waals surface area contributed by atoms with E-state index in [2.05, 4.69) is 23.5 Å². The zero-order chi connectivity index (χ0) is 14.1. The first-order valence-electron chi connectivity index (χ1n) is 6.06. The normalized spacial score (nSPS) is 13.2. The molecule has 2 N–H and O–H groups in total. The number of hydrogen-bond acceptors (Lipinski definition) is 5. The van der Waals surface area contributed by atoms with Gasteiger partial charge in [-0.15, -0.1) is 5.10 Å². The summed E-state index contributed by atoms with van der Waals surface area (Å²) in [5, 5.41) is 27.6. The molecule has 1 heterocycles. The zero-order valence-electron chi connectivity index (χ0n) is 10.9. The van der Waals surface area contributed by atoms with Crippen LogP contribution in [0.25, 0.3) is 12.2 Å². The van der Waals surface area contributed by atoms with Gasteiger partial charge in [-0.05, 0) is 12.2 Å². The molecule has 1 rings (SSSR count). The third kappa shape index (κ3) is 4.44. The molecule has 0 amide bonds. The number of aliphatic hydroxyl groups is 2. The highest BCUT2D eigenvalue weighted by atomic mass is 16.3. The van der Waals surface area contributed by atoms with Gasteiger partial charge >= 0.3 is 0 Å². The van der Waals surface area contributed by atoms with Crippen molar-refractivity contribution in [3.05, 3.63) is 36.0 Å². The van der Waals surface area contributed by atoms with Crippen LogP contribution in [0, 0.1) is 0 Å². The lowest BCUT2D eigenvalue weighted by Gasteiger charge is -2.19. The standard InChI is InChI=1S/C13H20N4O2/c1-3-5-12-13(6-4-2)17(15-14-12)11-16(7-9-18)8-10-19/h3-6,18-19H,1-2,7-11H2/b12-5+,13-6+. The third-order valence-corrected chi connectivity index (χ3v) is 2.52. The van der Waals surface area contributed by atoms with Gasteiger partial charge in [-0.1, -0.05) is 30.5 Å². The summed E-state index contributed by atoms with van der Waals surface area (Å²) in [5.74, 6) is 0. The zero-order valence-corrected chi connectivity index (χ0v) is 10.9. The van der Waals surface area contributed by atoms with Crippen LogP contribution in [0.15, 0.2) is 25.3 Å². The molecule has 0 fully saturated rings. The van der Waals surface area contributed by atoms with Crippen molar-refractivity contribution in [2.45, 2.75) is 6.67 Å². The van der Waals surface area contributed by atoms with Gasteiger partial charge in [0.05, 0.1) is 25.2 Å². The van der Waals surface area contributed by atoms with Crippen molar-refractivity contribution < 1.29 is 10.2 Å². The molecule has 6 nitrogen and oxygen atoms in total. The van der Waals surface area contributed by atoms with Crippen LogP contribution in [0.1, 0.15) is 0 Å². The van der Waals surface area contributed by atoms with E-state index >= 15 is 0 Å². The average molecular weight is 264 g/mol. The Kier molecular flexibility index (Phi) is 6.73. The van der Waals surface area contributed by atoms with E-state index in [1.807, 2.05) is 11.0 Å². The monoisotopic (exact) mass is 264 g/mol. The lowest BCUT2D eigenvalue weighted by molar-refractivity contribution is 0.127. The fraction of sp³-hybridized carbons (Fsp3) is 0.385. The van der Waals surface area contributed by atoms with Crippen LogP contribution >= 0.6 is 0 Å². The van der Waals surface area contributed by atoms with Crippen molar-refractivity contribution in [3.8, 4) is 0 Å². The minimum absolute atomic E-state index is 0.0286. The van der Waals surface area contributed by atoms with E-state index in [0.717, 1.165) is 5.35 Å². The molecule has 0 saturated heterocycles. The van der Waals surface area contributed by atoms with Crippen molar-refractivity contribution in [1.82, 2.24) is 19.9 Å². The Labute approximate surface area is 112 Å². The SMILES string of the molecule is C=C/C=c1/nnn(CN(CCO)CCO)/c1=C/C=C. The number of nitrogens with zero attached hydrogens (tertiary/aromatic N) is 4. The lowest BCUT2D eigenvalue weighted by Crippen LogP contribution is -2.38. The lowest BCUT2D eigenvalue weighted by atomic mass is 10.4. The summed E-state index contributed by atoms with van der Waals surface area (Å²) in [6.07, 6.45) is 6.89. The molecule has 0 unspecified atom stereocenters. The van der Waals surface area contributed by atoms with Gasteiger partial charge in [0.15, 0.2) is 0 Å². The van der Waals surface area contributed by atoms with Gasteiger partial charge in [-0.2, -0.15) is 0 Å². The van der Waals surface area contributed by atoms with Crippen molar-refractivity contribution in [2.75, 3.05) is 26.3 Å². The molecule has 0 atom stereocenters. The molecule has 19 heavy (non-hydrogen) atoms. The highest BCUT2D eigenvalue weighted by Gasteiger charge is 2.06. The number of hydrogen-bond donors (Lipinski definition) is 2. The summed E-state index contributed by atoms with van der Waals surface area (Å²) in [6, 6.07) is 0. The Bertz CT molecular complexity index is 515. The third-order valence-electron chi connectivity index (χ3n) is 2.52. The molecule has 0 aromatic carbocycles. The van der Waals surface area contributed by atoms with Crippen molar-refractivity contribution in [1.29, 1.82) is 0 Å². The summed E-state index contributed by atoms with van der Waals surface area (Å²) in [7, 11) is 0. The van der Waals surface area contributed by atoms with Gasteiger partial charge in [0.1, 0.15) is 5.35 Å². The minimum atomic E-state index is 0.0286. The first-order chi connectivity index (χ1) is 9.26. The Morgan fingerprint density at radius 3 is 2.26 bits per heavy atom. The molecule has 0 aliphatic rings. The maximum Gasteiger partial charge on any atom is 0.113 e. The van der Waals surface area contributed by atoms with Gasteiger partial charge in [0.25, 0.3) is 0 Å². The molecule has 0 radical (unpaired) electrons. The van der Waals surface area contributed by atoms with Crippen molar-refractivity contribution >= 4 is 12.2 Å². The van der Waals surface area contributed by atoms with E-state index < -0.39 is 0 Å². The Morgan fingerprint density at radius 2 is 1.74 bits per heavy atom. The minimum Gasteiger partial charge on any atom is -0.395 e. The molecular weight excluding hydrogens is 244 g/mol. The van der Waals surface area contributed by atoms with Crippen molar-refractivity contribution in [2.24, 2.45) is 0 Å². The number of rotatable bonds is 8. The fourth-order valence-corrected chi connectivity index (χ4v) is 1.68. The summed E-state index contributed by atoms with van der Waals surface area (Å²) in [4.78, 5) is 1.88. The number of aliphatic hydroxyl groups excluding tert-OH is 2. The number of aromatic nitrogens is 3. The van der Waals surface area contributed by atoms with Crippen LogP contribution in [-0.4, -0.2) is 56.4 Å². The largest absolute Gasteiger partial charge is 0.395 e. The predicted octanol–water partition coefficient (Wildman–Crippen LogP) is -1.54. The van der Waals surface area contributed by atoms with E-state index in [0.29, 0.717) is 25.1 Å². The second-order valence-corrected chi connectivity index (χ2v) is 3.87. The summed E-state index contributed by atoms with van der Waals surface area (Å²) in [6.45, 7) is 8.74. The maximum absolute atomic E-state index is 8.99. The van der Waals surface area contributed by atoms with Gasteiger partial charge in [-0.3, -0.25) is 4.90 Å². The van der Waals surface area contributed by atoms with Gasteiger partial charge < -0.3 is 10.2 Å². The van der Waals surface area contributed by atoms with Gasteiger partial charge in [-0.25, -0.2) is 4.68 Å². The first-order valence-corrected chi connectivity index (χ1v) is 6.06. The Morgan fingerprint density at radius 1 is 1.11 bits per heavy atom. The van der Waals surface area contributed by atoms with Crippen LogP contribution in [0.3, 0.4) is 0 Å². The second kappa shape index (κ2) is 8.36. The second-order valence-electron chi connectivity index (χ2n) is 3.87. The van der Waals surface area contributed by atoms with Gasteiger partial charge in [0, 0.05) is 13.1 Å². The molecule has 1 aromatic rings. The van der Waals surface area contributed by atoms with Crippen LogP contribution < -0.4 is 10.7 Å². The Hall–Kier alpha value is -1.76. The van der Waals surface area contributed by atoms with Crippen LogP contribution in [0.5, 0.6) is 0 Å². The molecule has 0 bridgehead atoms. The van der Waals surface area contributed by atoms with Crippen molar-refractivity contribution in [3.63, 3.8) is 0 Å². The van der Waals surface area contributed by atoms with Crippen LogP contribution in [-0.2, 0) is 6.67 Å². The molecule has 0 aliphatic carbocycles. The topological polar surface area (TPSA) is 74.4 Å². The first kappa shape index (κ1) is 15.3. The van der Waals surface area contributed by atoms with Crippen LogP contribution in [0.4, 0.5) is 0 Å². The van der Waals surface area contributed by atoms with E-state index in [1.165, 1.54) is 0 Å². The van der Waals surface area contributed by atoms with E-state index in [1.54, 1.807) is 22.9 Å². The van der Waals surface area contributed by atoms with E-state index in [4.69, 9.17) is 10.2 Å². The predicted molar refractivity (Wildman–Crippen MR) is 74.3 cm³/mol. The Balaban J connectivity index is 3.06. The smallest absolute Gasteiger partial charge is 0.113 e. The highest BCUT2D eigenvalue weighted by Crippen LogP contribution is 1.88. The molecule has 0 spiro atoms. The molecule has 6 heteroatoms. The maximum atomic E-state index is 8.99. The van der Waals surface area contributed by atoms with Gasteiger partial charge in [0.2, 0.25) is 0 Å². The fourth-order valence-electron chi connectivity index (χ4n) is 1.68. The molecule has 104 valence electrons. The molecule has 0 saturated carbocycles. The summed E-state index contributed by atoms with van der Waals surface area (Å²) < 4.78 is 1.70. The van der Waals surface area contributed by atoms with E-state index in [9.17, 15) is 0 Å². The molecule has 0 aliphatic heterocycles. The quantitative estimate of drug-likeness (QED) is 0.595. The van der Waals surface area contributed by atoms with Crippen LogP contribution in [0.2, 0.25) is 0 Å². The average Bonchev–Trinajstić information content (AvgIpc) is 2.74. The number of allylic oxidation sites excluding steroid dienone is 2. The highest BCUT2D eigenvalue weighted by molar-refractivity contribution is 5.37. The summed E-state index contributed by atoms with van der Waals surface area (Å²) >= 11 is 0.